The molecule has 0 aliphatic rings. The minimum absolute atomic E-state index is 0.194. The van der Waals surface area contributed by atoms with E-state index < -0.39 is 0 Å². The van der Waals surface area contributed by atoms with Gasteiger partial charge in [0.15, 0.2) is 0 Å². The van der Waals surface area contributed by atoms with Gasteiger partial charge in [-0.1, -0.05) is 35.4 Å². The molecule has 0 bridgehead atoms. The number of ether oxygens (including phenoxy) is 2. The molecule has 0 aliphatic heterocycles. The standard InChI is InChI=1S/C25H35N3O2.2ClH.Fe/c1-16-10-18(3)24(19(4)11-16)26-14-22(29-8)28(7)23(30-9)15-27-25-20(5)12-17(2)13-21(25)6;;;/h10-15,22-23H,1-9H3;2*1H;/q;;;+2/p-2. The van der Waals surface area contributed by atoms with Crippen LogP contribution in [0.4, 0.5) is 11.4 Å². The molecule has 2 atom stereocenters. The summed E-state index contributed by atoms with van der Waals surface area (Å²) in [6, 6.07) is 8.56. The summed E-state index contributed by atoms with van der Waals surface area (Å²) in [5, 5.41) is 0. The summed E-state index contributed by atoms with van der Waals surface area (Å²) < 4.78 is 11.3. The van der Waals surface area contributed by atoms with Crippen molar-refractivity contribution in [3.63, 3.8) is 0 Å². The average molecular weight is 536 g/mol. The zero-order valence-electron chi connectivity index (χ0n) is 20.9. The summed E-state index contributed by atoms with van der Waals surface area (Å²) in [6.45, 7) is 12.5. The Bertz CT molecular complexity index is 845. The van der Waals surface area contributed by atoms with Gasteiger partial charge in [0, 0.05) is 26.6 Å². The number of halogens is 2. The number of benzene rings is 2. The number of hydrogen-bond donors (Lipinski definition) is 0. The van der Waals surface area contributed by atoms with Crippen molar-refractivity contribution in [2.24, 2.45) is 9.98 Å². The van der Waals surface area contributed by atoms with Crippen molar-refractivity contribution < 1.29 is 22.6 Å². The quantitative estimate of drug-likeness (QED) is 0.210. The zero-order chi connectivity index (χ0) is 25.1. The predicted molar refractivity (Wildman–Crippen MR) is 139 cm³/mol. The third-order valence-electron chi connectivity index (χ3n) is 5.22. The summed E-state index contributed by atoms with van der Waals surface area (Å²) in [4.78, 5) is 11.4. The molecule has 33 heavy (non-hydrogen) atoms. The van der Waals surface area contributed by atoms with Crippen molar-refractivity contribution in [2.75, 3.05) is 21.3 Å². The normalized spacial score (nSPS) is 13.6. The third kappa shape index (κ3) is 9.14. The molecule has 2 unspecified atom stereocenters. The first-order chi connectivity index (χ1) is 15.6. The summed E-state index contributed by atoms with van der Waals surface area (Å²) in [6.07, 6.45) is 2.91. The van der Waals surface area contributed by atoms with E-state index in [0.29, 0.717) is 0 Å². The Labute approximate surface area is 213 Å². The molecular weight excluding hydrogens is 501 g/mol. The Kier molecular flexibility index (Phi) is 13.5. The van der Waals surface area contributed by atoms with Crippen LogP contribution in [0.25, 0.3) is 0 Å². The first-order valence-corrected chi connectivity index (χ1v) is 13.5. The second-order valence-corrected chi connectivity index (χ2v) is 9.84. The van der Waals surface area contributed by atoms with Crippen LogP contribution in [0.15, 0.2) is 34.3 Å². The molecule has 0 N–H and O–H groups in total. The molecule has 0 saturated carbocycles. The van der Waals surface area contributed by atoms with Crippen LogP contribution in [0.2, 0.25) is 0 Å². The van der Waals surface area contributed by atoms with Gasteiger partial charge in [-0.15, -0.1) is 0 Å². The van der Waals surface area contributed by atoms with Gasteiger partial charge >= 0.3 is 33.3 Å². The van der Waals surface area contributed by atoms with Gasteiger partial charge in [0.05, 0.1) is 11.4 Å². The summed E-state index contributed by atoms with van der Waals surface area (Å²) in [5.41, 5.74) is 9.03. The molecule has 0 aromatic heterocycles. The second-order valence-electron chi connectivity index (χ2n) is 8.02. The van der Waals surface area contributed by atoms with Crippen LogP contribution in [0.3, 0.4) is 0 Å². The van der Waals surface area contributed by atoms with E-state index in [-0.39, 0.29) is 25.6 Å². The van der Waals surface area contributed by atoms with Crippen molar-refractivity contribution >= 4 is 44.0 Å². The number of hydrogen-bond acceptors (Lipinski definition) is 5. The van der Waals surface area contributed by atoms with Crippen molar-refractivity contribution in [3.05, 3.63) is 57.6 Å². The molecule has 8 heteroatoms. The van der Waals surface area contributed by atoms with Crippen molar-refractivity contribution in [3.8, 4) is 0 Å². The van der Waals surface area contributed by atoms with Crippen molar-refractivity contribution in [1.29, 1.82) is 0 Å². The Morgan fingerprint density at radius 2 is 1.00 bits per heavy atom. The van der Waals surface area contributed by atoms with E-state index in [4.69, 9.17) is 39.7 Å². The van der Waals surface area contributed by atoms with Crippen LogP contribution in [0.1, 0.15) is 33.4 Å². The molecule has 0 radical (unpaired) electrons. The Morgan fingerprint density at radius 1 is 0.727 bits per heavy atom. The maximum absolute atomic E-state index is 5.67. The van der Waals surface area contributed by atoms with Crippen LogP contribution in [-0.4, -0.2) is 51.1 Å². The Balaban J connectivity index is 0.00000172. The summed E-state index contributed by atoms with van der Waals surface area (Å²) >= 11 is 0.194. The molecule has 184 valence electrons. The summed E-state index contributed by atoms with van der Waals surface area (Å²) in [7, 11) is 14.8. The van der Waals surface area contributed by atoms with E-state index in [2.05, 4.69) is 65.8 Å². The number of rotatable bonds is 8. The molecular formula is C25H35Cl2FeN3O2. The van der Waals surface area contributed by atoms with Crippen LogP contribution in [0, 0.1) is 41.5 Å². The minimum atomic E-state index is -0.360. The molecule has 0 saturated heterocycles. The third-order valence-corrected chi connectivity index (χ3v) is 5.22. The van der Waals surface area contributed by atoms with Gasteiger partial charge in [0.1, 0.15) is 12.5 Å². The van der Waals surface area contributed by atoms with Crippen LogP contribution >= 0.6 is 20.2 Å². The Morgan fingerprint density at radius 3 is 1.24 bits per heavy atom. The van der Waals surface area contributed by atoms with Gasteiger partial charge in [-0.05, 0) is 70.8 Å². The van der Waals surface area contributed by atoms with Gasteiger partial charge in [-0.3, -0.25) is 9.98 Å². The van der Waals surface area contributed by atoms with Crippen molar-refractivity contribution in [1.82, 2.24) is 4.90 Å². The number of methoxy groups -OCH3 is 2. The molecule has 0 fully saturated rings. The van der Waals surface area contributed by atoms with Gasteiger partial charge in [0.25, 0.3) is 0 Å². The molecule has 0 amide bonds. The fourth-order valence-corrected chi connectivity index (χ4v) is 3.84. The molecule has 2 rings (SSSR count). The first kappa shape index (κ1) is 29.8. The van der Waals surface area contributed by atoms with Gasteiger partial charge in [-0.2, -0.15) is 0 Å². The number of aliphatic imine (C=N–C) groups is 2. The Hall–Kier alpha value is -1.24. The topological polar surface area (TPSA) is 46.4 Å². The van der Waals surface area contributed by atoms with Crippen molar-refractivity contribution in [2.45, 2.75) is 54.0 Å². The second kappa shape index (κ2) is 14.9. The fourth-order valence-electron chi connectivity index (χ4n) is 3.84. The predicted octanol–water partition coefficient (Wildman–Crippen LogP) is 6.90. The van der Waals surface area contributed by atoms with Gasteiger partial charge in [-0.25, -0.2) is 4.90 Å². The van der Waals surface area contributed by atoms with Crippen LogP contribution in [-0.2, 0) is 22.6 Å². The van der Waals surface area contributed by atoms with E-state index in [1.54, 1.807) is 14.2 Å². The first-order valence-electron chi connectivity index (χ1n) is 10.5. The van der Waals surface area contributed by atoms with E-state index in [1.165, 1.54) is 11.1 Å². The SMILES string of the molecule is COC(C=Nc1c(C)cc(C)cc1C)N(C)C(C=Nc1c(C)cc(C)cc1C)OC.[Cl][Fe][Cl]. The van der Waals surface area contributed by atoms with Gasteiger partial charge in [0.2, 0.25) is 0 Å². The molecule has 2 aromatic rings. The van der Waals surface area contributed by atoms with Crippen LogP contribution < -0.4 is 0 Å². The number of nitrogens with zero attached hydrogens (tertiary/aromatic N) is 3. The monoisotopic (exact) mass is 535 g/mol. The summed E-state index contributed by atoms with van der Waals surface area (Å²) in [5.74, 6) is 0. The van der Waals surface area contributed by atoms with E-state index in [9.17, 15) is 0 Å². The van der Waals surface area contributed by atoms with Crippen LogP contribution in [0.5, 0.6) is 0 Å². The number of aryl methyl sites for hydroxylation is 6. The van der Waals surface area contributed by atoms with E-state index >= 15 is 0 Å². The van der Waals surface area contributed by atoms with E-state index in [0.717, 1.165) is 33.6 Å². The molecule has 2 aromatic carbocycles. The molecule has 0 spiro atoms. The zero-order valence-corrected chi connectivity index (χ0v) is 23.5. The molecule has 0 aliphatic carbocycles. The van der Waals surface area contributed by atoms with Gasteiger partial charge < -0.3 is 9.47 Å². The maximum atomic E-state index is 5.67. The van der Waals surface area contributed by atoms with E-state index in [1.807, 2.05) is 24.4 Å². The molecule has 0 heterocycles. The average Bonchev–Trinajstić information content (AvgIpc) is 2.72. The molecule has 5 nitrogen and oxygen atoms in total. The fraction of sp³-hybridized carbons (Fsp3) is 0.440.